The Morgan fingerprint density at radius 3 is 2.50 bits per heavy atom. The van der Waals surface area contributed by atoms with E-state index in [4.69, 9.17) is 0 Å². The van der Waals surface area contributed by atoms with Crippen molar-refractivity contribution >= 4 is 11.8 Å². The van der Waals surface area contributed by atoms with Crippen molar-refractivity contribution in [3.63, 3.8) is 0 Å². The van der Waals surface area contributed by atoms with E-state index in [2.05, 4.69) is 25.5 Å². The van der Waals surface area contributed by atoms with Crippen molar-refractivity contribution in [3.8, 4) is 5.82 Å². The first-order valence-electron chi connectivity index (χ1n) is 10.3. The van der Waals surface area contributed by atoms with Gasteiger partial charge in [-0.25, -0.2) is 14.3 Å². The lowest BCUT2D eigenvalue weighted by atomic mass is 9.91. The van der Waals surface area contributed by atoms with Crippen molar-refractivity contribution in [2.24, 2.45) is 0 Å². The molecule has 0 saturated heterocycles. The molecule has 30 heavy (non-hydrogen) atoms. The topological polar surface area (TPSA) is 93.8 Å². The summed E-state index contributed by atoms with van der Waals surface area (Å²) in [5.74, 6) is 2.20. The summed E-state index contributed by atoms with van der Waals surface area (Å²) in [5, 5.41) is 12.6. The Morgan fingerprint density at radius 1 is 1.07 bits per heavy atom. The molecule has 0 unspecified atom stereocenters. The van der Waals surface area contributed by atoms with Gasteiger partial charge in [-0.3, -0.25) is 4.79 Å². The van der Waals surface area contributed by atoms with Crippen molar-refractivity contribution in [2.75, 3.05) is 24.3 Å². The van der Waals surface area contributed by atoms with Gasteiger partial charge in [0.2, 0.25) is 5.95 Å². The van der Waals surface area contributed by atoms with Crippen LogP contribution >= 0.6 is 0 Å². The molecule has 0 amide bonds. The van der Waals surface area contributed by atoms with Gasteiger partial charge in [-0.2, -0.15) is 10.1 Å². The van der Waals surface area contributed by atoms with Crippen LogP contribution in [-0.2, 0) is 0 Å². The molecule has 1 fully saturated rings. The monoisotopic (exact) mass is 408 g/mol. The standard InChI is InChI=1S/C21H28N8O/c1-14-13-15(2)28(25-14)19-9-10-20(30)29(26-19)17-7-5-16(6-8-17)23-18-11-12-22-21(24-18)27(3)4/h9-13,16-17H,5-8H2,1-4H3,(H,22,23,24). The minimum Gasteiger partial charge on any atom is -0.367 e. The summed E-state index contributed by atoms with van der Waals surface area (Å²) in [6, 6.07) is 7.64. The number of anilines is 2. The van der Waals surface area contributed by atoms with Gasteiger partial charge in [-0.1, -0.05) is 0 Å². The van der Waals surface area contributed by atoms with Gasteiger partial charge >= 0.3 is 0 Å². The third-order valence-corrected chi connectivity index (χ3v) is 5.48. The van der Waals surface area contributed by atoms with Gasteiger partial charge in [-0.15, -0.1) is 5.10 Å². The molecule has 3 aromatic rings. The van der Waals surface area contributed by atoms with E-state index in [-0.39, 0.29) is 11.6 Å². The zero-order chi connectivity index (χ0) is 21.3. The number of aromatic nitrogens is 6. The first-order valence-corrected chi connectivity index (χ1v) is 10.3. The number of nitrogens with zero attached hydrogens (tertiary/aromatic N) is 7. The van der Waals surface area contributed by atoms with Crippen LogP contribution in [0.2, 0.25) is 0 Å². The van der Waals surface area contributed by atoms with Crippen LogP contribution in [0.3, 0.4) is 0 Å². The van der Waals surface area contributed by atoms with E-state index in [9.17, 15) is 4.79 Å². The SMILES string of the molecule is Cc1cc(C)n(-c2ccc(=O)n(C3CCC(Nc4ccnc(N(C)C)n4)CC3)n2)n1. The Hall–Kier alpha value is -3.23. The summed E-state index contributed by atoms with van der Waals surface area (Å²) in [5.41, 5.74) is 1.86. The lowest BCUT2D eigenvalue weighted by Gasteiger charge is -2.30. The number of rotatable bonds is 5. The largest absolute Gasteiger partial charge is 0.367 e. The van der Waals surface area contributed by atoms with E-state index in [1.54, 1.807) is 27.7 Å². The second-order valence-electron chi connectivity index (χ2n) is 8.10. The zero-order valence-electron chi connectivity index (χ0n) is 17.9. The van der Waals surface area contributed by atoms with E-state index in [0.717, 1.165) is 42.9 Å². The molecule has 1 aliphatic carbocycles. The van der Waals surface area contributed by atoms with Gasteiger partial charge in [0.25, 0.3) is 5.56 Å². The quantitative estimate of drug-likeness (QED) is 0.693. The number of nitrogens with one attached hydrogen (secondary N) is 1. The average Bonchev–Trinajstić information content (AvgIpc) is 3.07. The average molecular weight is 409 g/mol. The summed E-state index contributed by atoms with van der Waals surface area (Å²) >= 11 is 0. The van der Waals surface area contributed by atoms with Crippen molar-refractivity contribution in [1.82, 2.24) is 29.5 Å². The maximum Gasteiger partial charge on any atom is 0.267 e. The van der Waals surface area contributed by atoms with Crippen molar-refractivity contribution in [1.29, 1.82) is 0 Å². The first-order chi connectivity index (χ1) is 14.4. The van der Waals surface area contributed by atoms with Crippen LogP contribution < -0.4 is 15.8 Å². The summed E-state index contributed by atoms with van der Waals surface area (Å²) in [7, 11) is 3.85. The van der Waals surface area contributed by atoms with E-state index >= 15 is 0 Å². The van der Waals surface area contributed by atoms with Gasteiger partial charge in [-0.05, 0) is 57.7 Å². The Balaban J connectivity index is 1.45. The number of aryl methyl sites for hydroxylation is 2. The summed E-state index contributed by atoms with van der Waals surface area (Å²) in [6.07, 6.45) is 5.44. The molecule has 0 bridgehead atoms. The molecule has 0 radical (unpaired) electrons. The maximum absolute atomic E-state index is 12.5. The van der Waals surface area contributed by atoms with E-state index in [1.807, 2.05) is 45.0 Å². The third kappa shape index (κ3) is 4.19. The second-order valence-corrected chi connectivity index (χ2v) is 8.10. The molecular weight excluding hydrogens is 380 g/mol. The van der Waals surface area contributed by atoms with E-state index in [1.165, 1.54) is 0 Å². The highest BCUT2D eigenvalue weighted by Gasteiger charge is 2.24. The fraction of sp³-hybridized carbons (Fsp3) is 0.476. The molecule has 0 aliphatic heterocycles. The molecule has 9 nitrogen and oxygen atoms in total. The molecular formula is C21H28N8O. The normalized spacial score (nSPS) is 18.9. The van der Waals surface area contributed by atoms with Crippen LogP contribution in [0, 0.1) is 13.8 Å². The van der Waals surface area contributed by atoms with Crippen molar-refractivity contribution in [2.45, 2.75) is 51.6 Å². The Morgan fingerprint density at radius 2 is 1.83 bits per heavy atom. The van der Waals surface area contributed by atoms with E-state index in [0.29, 0.717) is 17.8 Å². The minimum atomic E-state index is -0.0666. The molecule has 3 aromatic heterocycles. The van der Waals surface area contributed by atoms with Crippen LogP contribution in [0.15, 0.2) is 35.3 Å². The highest BCUT2D eigenvalue weighted by atomic mass is 16.1. The van der Waals surface area contributed by atoms with Crippen LogP contribution in [-0.4, -0.2) is 49.7 Å². The van der Waals surface area contributed by atoms with Gasteiger partial charge in [0, 0.05) is 38.1 Å². The fourth-order valence-corrected chi connectivity index (χ4v) is 3.97. The van der Waals surface area contributed by atoms with Crippen LogP contribution in [0.1, 0.15) is 43.1 Å². The number of hydrogen-bond acceptors (Lipinski definition) is 7. The Labute approximate surface area is 175 Å². The summed E-state index contributed by atoms with van der Waals surface area (Å²) in [6.45, 7) is 3.94. The zero-order valence-corrected chi connectivity index (χ0v) is 17.9. The summed E-state index contributed by atoms with van der Waals surface area (Å²) in [4.78, 5) is 23.2. The van der Waals surface area contributed by atoms with Crippen molar-refractivity contribution in [3.05, 3.63) is 52.2 Å². The van der Waals surface area contributed by atoms with E-state index < -0.39 is 0 Å². The van der Waals surface area contributed by atoms with Gasteiger partial charge in [0.1, 0.15) is 5.82 Å². The molecule has 4 rings (SSSR count). The second kappa shape index (κ2) is 8.25. The minimum absolute atomic E-state index is 0.0666. The molecule has 3 heterocycles. The van der Waals surface area contributed by atoms with Gasteiger partial charge in [0.05, 0.1) is 11.7 Å². The molecule has 1 N–H and O–H groups in total. The lowest BCUT2D eigenvalue weighted by molar-refractivity contribution is 0.302. The van der Waals surface area contributed by atoms with Gasteiger partial charge in [0.15, 0.2) is 5.82 Å². The molecule has 0 spiro atoms. The molecule has 158 valence electrons. The van der Waals surface area contributed by atoms with Crippen molar-refractivity contribution < 1.29 is 0 Å². The van der Waals surface area contributed by atoms with Gasteiger partial charge < -0.3 is 10.2 Å². The molecule has 0 aromatic carbocycles. The molecule has 0 atom stereocenters. The van der Waals surface area contributed by atoms with Crippen LogP contribution in [0.25, 0.3) is 5.82 Å². The smallest absolute Gasteiger partial charge is 0.267 e. The van der Waals surface area contributed by atoms with Crippen LogP contribution in [0.5, 0.6) is 0 Å². The highest BCUT2D eigenvalue weighted by molar-refractivity contribution is 5.41. The molecule has 1 saturated carbocycles. The first kappa shape index (κ1) is 20.1. The highest BCUT2D eigenvalue weighted by Crippen LogP contribution is 2.29. The van der Waals surface area contributed by atoms with Crippen LogP contribution in [0.4, 0.5) is 11.8 Å². The Bertz CT molecular complexity index is 1080. The maximum atomic E-state index is 12.5. The lowest BCUT2D eigenvalue weighted by Crippen LogP contribution is -2.34. The fourth-order valence-electron chi connectivity index (χ4n) is 3.97. The number of hydrogen-bond donors (Lipinski definition) is 1. The predicted molar refractivity (Wildman–Crippen MR) is 116 cm³/mol. The summed E-state index contributed by atoms with van der Waals surface area (Å²) < 4.78 is 3.42. The predicted octanol–water partition coefficient (Wildman–Crippen LogP) is 2.50. The molecule has 9 heteroatoms. The Kier molecular flexibility index (Phi) is 5.52. The molecule has 1 aliphatic rings. The third-order valence-electron chi connectivity index (χ3n) is 5.48.